The molecule has 0 aliphatic heterocycles. The van der Waals surface area contributed by atoms with E-state index in [2.05, 4.69) is 5.10 Å². The van der Waals surface area contributed by atoms with Crippen LogP contribution in [0.2, 0.25) is 0 Å². The topological polar surface area (TPSA) is 58.0 Å². The summed E-state index contributed by atoms with van der Waals surface area (Å²) >= 11 is 0. The van der Waals surface area contributed by atoms with Crippen LogP contribution in [-0.4, -0.2) is 21.0 Å². The standard InChI is InChI=1S/C12H20N2O2/c1-3-9-8(2)13-14(12(9)16)10-6-4-5-7-11(10)15/h10-11,13,15H,3-7H2,1-2H3. The maximum atomic E-state index is 12.1. The molecule has 0 aromatic carbocycles. The van der Waals surface area contributed by atoms with Crippen molar-refractivity contribution in [1.82, 2.24) is 9.78 Å². The summed E-state index contributed by atoms with van der Waals surface area (Å²) in [5.41, 5.74) is 1.83. The fourth-order valence-electron chi connectivity index (χ4n) is 2.65. The smallest absolute Gasteiger partial charge is 0.270 e. The Hall–Kier alpha value is -1.03. The van der Waals surface area contributed by atoms with E-state index < -0.39 is 0 Å². The molecule has 1 heterocycles. The highest BCUT2D eigenvalue weighted by molar-refractivity contribution is 5.16. The zero-order valence-electron chi connectivity index (χ0n) is 9.99. The highest BCUT2D eigenvalue weighted by Crippen LogP contribution is 2.27. The number of nitrogens with one attached hydrogen (secondary N) is 1. The van der Waals surface area contributed by atoms with Crippen molar-refractivity contribution in [2.24, 2.45) is 0 Å². The molecule has 1 aromatic rings. The van der Waals surface area contributed by atoms with Crippen molar-refractivity contribution in [3.8, 4) is 0 Å². The molecule has 2 N–H and O–H groups in total. The van der Waals surface area contributed by atoms with Gasteiger partial charge in [-0.2, -0.15) is 0 Å². The van der Waals surface area contributed by atoms with Crippen LogP contribution in [0.3, 0.4) is 0 Å². The van der Waals surface area contributed by atoms with Crippen LogP contribution in [0.25, 0.3) is 0 Å². The largest absolute Gasteiger partial charge is 0.391 e. The molecule has 90 valence electrons. The van der Waals surface area contributed by atoms with Crippen LogP contribution in [0.4, 0.5) is 0 Å². The van der Waals surface area contributed by atoms with E-state index in [1.165, 1.54) is 0 Å². The van der Waals surface area contributed by atoms with E-state index in [1.807, 2.05) is 13.8 Å². The first kappa shape index (κ1) is 11.5. The van der Waals surface area contributed by atoms with Gasteiger partial charge in [-0.15, -0.1) is 0 Å². The predicted molar refractivity (Wildman–Crippen MR) is 62.7 cm³/mol. The molecule has 1 aliphatic rings. The molecule has 1 aliphatic carbocycles. The summed E-state index contributed by atoms with van der Waals surface area (Å²) in [4.78, 5) is 12.1. The lowest BCUT2D eigenvalue weighted by atomic mass is 9.93. The Balaban J connectivity index is 2.36. The molecule has 1 fully saturated rings. The fourth-order valence-corrected chi connectivity index (χ4v) is 2.65. The minimum absolute atomic E-state index is 0.0472. The van der Waals surface area contributed by atoms with Gasteiger partial charge in [-0.3, -0.25) is 9.89 Å². The summed E-state index contributed by atoms with van der Waals surface area (Å²) in [6, 6.07) is -0.0553. The van der Waals surface area contributed by atoms with Crippen LogP contribution < -0.4 is 5.56 Å². The first-order chi connectivity index (χ1) is 7.65. The summed E-state index contributed by atoms with van der Waals surface area (Å²) in [6.07, 6.45) is 4.22. The van der Waals surface area contributed by atoms with Crippen LogP contribution in [0.5, 0.6) is 0 Å². The maximum Gasteiger partial charge on any atom is 0.270 e. The lowest BCUT2D eigenvalue weighted by molar-refractivity contribution is 0.0677. The minimum Gasteiger partial charge on any atom is -0.391 e. The molecule has 4 heteroatoms. The molecule has 1 aromatic heterocycles. The highest BCUT2D eigenvalue weighted by atomic mass is 16.3. The molecule has 0 spiro atoms. The Morgan fingerprint density at radius 1 is 1.44 bits per heavy atom. The van der Waals surface area contributed by atoms with Crippen LogP contribution in [0.1, 0.15) is 49.9 Å². The summed E-state index contributed by atoms with van der Waals surface area (Å²) in [5, 5.41) is 13.0. The van der Waals surface area contributed by atoms with E-state index in [-0.39, 0.29) is 17.7 Å². The average Bonchev–Trinajstić information content (AvgIpc) is 2.55. The van der Waals surface area contributed by atoms with Gasteiger partial charge in [-0.25, -0.2) is 4.68 Å². The highest BCUT2D eigenvalue weighted by Gasteiger charge is 2.27. The zero-order valence-corrected chi connectivity index (χ0v) is 9.99. The van der Waals surface area contributed by atoms with Gasteiger partial charge in [0.2, 0.25) is 0 Å². The number of aryl methyl sites for hydroxylation is 1. The molecule has 2 rings (SSSR count). The van der Waals surface area contributed by atoms with Crippen LogP contribution >= 0.6 is 0 Å². The monoisotopic (exact) mass is 224 g/mol. The fraction of sp³-hybridized carbons (Fsp3) is 0.750. The van der Waals surface area contributed by atoms with Gasteiger partial charge < -0.3 is 5.11 Å². The number of nitrogens with zero attached hydrogens (tertiary/aromatic N) is 1. The normalized spacial score (nSPS) is 25.9. The SMILES string of the molecule is CCc1c(C)[nH]n(C2CCCCC2O)c1=O. The third-order valence-corrected chi connectivity index (χ3v) is 3.60. The van der Waals surface area contributed by atoms with Crippen LogP contribution in [0.15, 0.2) is 4.79 Å². The summed E-state index contributed by atoms with van der Waals surface area (Å²) in [5.74, 6) is 0. The molecule has 0 bridgehead atoms. The van der Waals surface area contributed by atoms with Gasteiger partial charge in [0.15, 0.2) is 0 Å². The molecule has 4 nitrogen and oxygen atoms in total. The summed E-state index contributed by atoms with van der Waals surface area (Å²) in [6.45, 7) is 3.91. The second kappa shape index (κ2) is 4.45. The quantitative estimate of drug-likeness (QED) is 0.800. The predicted octanol–water partition coefficient (Wildman–Crippen LogP) is 1.52. The van der Waals surface area contributed by atoms with Gasteiger partial charge in [0, 0.05) is 11.3 Å². The van der Waals surface area contributed by atoms with Crippen LogP contribution in [0, 0.1) is 6.92 Å². The number of hydrogen-bond donors (Lipinski definition) is 2. The molecule has 0 radical (unpaired) electrons. The molecular weight excluding hydrogens is 204 g/mol. The second-order valence-electron chi connectivity index (χ2n) is 4.66. The van der Waals surface area contributed by atoms with Crippen molar-refractivity contribution in [3.05, 3.63) is 21.6 Å². The number of aliphatic hydroxyl groups is 1. The van der Waals surface area contributed by atoms with Crippen molar-refractivity contribution in [3.63, 3.8) is 0 Å². The average molecular weight is 224 g/mol. The van der Waals surface area contributed by atoms with E-state index in [9.17, 15) is 9.90 Å². The first-order valence-corrected chi connectivity index (χ1v) is 6.13. The van der Waals surface area contributed by atoms with E-state index in [0.29, 0.717) is 0 Å². The zero-order chi connectivity index (χ0) is 11.7. The van der Waals surface area contributed by atoms with E-state index in [1.54, 1.807) is 4.68 Å². The second-order valence-corrected chi connectivity index (χ2v) is 4.66. The Bertz CT molecular complexity index is 419. The Morgan fingerprint density at radius 3 is 2.69 bits per heavy atom. The number of aromatic nitrogens is 2. The molecule has 1 saturated carbocycles. The van der Waals surface area contributed by atoms with Gasteiger partial charge >= 0.3 is 0 Å². The van der Waals surface area contributed by atoms with E-state index in [4.69, 9.17) is 0 Å². The van der Waals surface area contributed by atoms with Gasteiger partial charge in [-0.05, 0) is 26.2 Å². The van der Waals surface area contributed by atoms with Crippen molar-refractivity contribution < 1.29 is 5.11 Å². The van der Waals surface area contributed by atoms with E-state index >= 15 is 0 Å². The number of rotatable bonds is 2. The Kier molecular flexibility index (Phi) is 3.19. The van der Waals surface area contributed by atoms with Crippen molar-refractivity contribution in [2.75, 3.05) is 0 Å². The molecule has 0 saturated heterocycles. The lowest BCUT2D eigenvalue weighted by Crippen LogP contribution is -2.34. The van der Waals surface area contributed by atoms with Gasteiger partial charge in [0.25, 0.3) is 5.56 Å². The Morgan fingerprint density at radius 2 is 2.12 bits per heavy atom. The van der Waals surface area contributed by atoms with Crippen molar-refractivity contribution in [1.29, 1.82) is 0 Å². The molecule has 2 atom stereocenters. The lowest BCUT2D eigenvalue weighted by Gasteiger charge is -2.27. The molecule has 0 amide bonds. The number of aliphatic hydroxyl groups excluding tert-OH is 1. The number of H-pyrrole nitrogens is 1. The third kappa shape index (κ3) is 1.82. The van der Waals surface area contributed by atoms with Gasteiger partial charge in [-0.1, -0.05) is 19.8 Å². The number of hydrogen-bond acceptors (Lipinski definition) is 2. The summed E-state index contributed by atoms with van der Waals surface area (Å²) in [7, 11) is 0. The summed E-state index contributed by atoms with van der Waals surface area (Å²) < 4.78 is 1.64. The van der Waals surface area contributed by atoms with Crippen molar-refractivity contribution in [2.45, 2.75) is 58.1 Å². The minimum atomic E-state index is -0.380. The number of aromatic amines is 1. The Labute approximate surface area is 95.3 Å². The first-order valence-electron chi connectivity index (χ1n) is 6.13. The molecular formula is C12H20N2O2. The van der Waals surface area contributed by atoms with Crippen LogP contribution in [-0.2, 0) is 6.42 Å². The van der Waals surface area contributed by atoms with Gasteiger partial charge in [0.05, 0.1) is 12.1 Å². The van der Waals surface area contributed by atoms with E-state index in [0.717, 1.165) is 43.4 Å². The van der Waals surface area contributed by atoms with Gasteiger partial charge in [0.1, 0.15) is 0 Å². The third-order valence-electron chi connectivity index (χ3n) is 3.60. The van der Waals surface area contributed by atoms with Crippen molar-refractivity contribution >= 4 is 0 Å². The molecule has 2 unspecified atom stereocenters. The maximum absolute atomic E-state index is 12.1. The molecule has 16 heavy (non-hydrogen) atoms.